The molecule has 0 saturated heterocycles. The van der Waals surface area contributed by atoms with E-state index in [0.717, 1.165) is 13.8 Å². The molecule has 0 amide bonds. The highest BCUT2D eigenvalue weighted by Crippen LogP contribution is 2.25. The Morgan fingerprint density at radius 3 is 1.09 bits per heavy atom. The van der Waals surface area contributed by atoms with E-state index in [2.05, 4.69) is 0 Å². The molecule has 1 aliphatic carbocycles. The van der Waals surface area contributed by atoms with Crippen molar-refractivity contribution in [3.05, 3.63) is 12.2 Å². The van der Waals surface area contributed by atoms with Gasteiger partial charge in [0.15, 0.2) is 24.4 Å². The first kappa shape index (κ1) is 17.7. The standard InChI is InChI=1S/C14H18O8/c1-7(15)19-11-5-6-12(20-8(2)16)14(22-10(4)18)13(11)21-9(3)17/h5-6,11-14H,1-4H3/t11-,12+,13-,14-/m0/s1. The Kier molecular flexibility index (Phi) is 6.09. The Balaban J connectivity index is 3.11. The van der Waals surface area contributed by atoms with E-state index in [1.165, 1.54) is 26.0 Å². The van der Waals surface area contributed by atoms with E-state index in [9.17, 15) is 19.2 Å². The molecule has 8 nitrogen and oxygen atoms in total. The van der Waals surface area contributed by atoms with E-state index < -0.39 is 48.3 Å². The third-order valence-electron chi connectivity index (χ3n) is 2.67. The molecule has 0 heterocycles. The summed E-state index contributed by atoms with van der Waals surface area (Å²) in [6.45, 7) is 4.71. The van der Waals surface area contributed by atoms with Crippen LogP contribution in [0.4, 0.5) is 0 Å². The fraction of sp³-hybridized carbons (Fsp3) is 0.571. The van der Waals surface area contributed by atoms with Crippen LogP contribution in [0.25, 0.3) is 0 Å². The van der Waals surface area contributed by atoms with Crippen molar-refractivity contribution in [2.24, 2.45) is 0 Å². The maximum atomic E-state index is 11.3. The average Bonchev–Trinajstić information content (AvgIpc) is 2.34. The van der Waals surface area contributed by atoms with Gasteiger partial charge in [-0.2, -0.15) is 0 Å². The largest absolute Gasteiger partial charge is 0.454 e. The van der Waals surface area contributed by atoms with Crippen LogP contribution in [0.3, 0.4) is 0 Å². The van der Waals surface area contributed by atoms with Crippen LogP contribution in [-0.4, -0.2) is 48.3 Å². The molecular formula is C14H18O8. The van der Waals surface area contributed by atoms with Crippen LogP contribution in [0.15, 0.2) is 12.2 Å². The normalized spacial score (nSPS) is 26.7. The lowest BCUT2D eigenvalue weighted by atomic mass is 9.95. The highest BCUT2D eigenvalue weighted by molar-refractivity contribution is 5.69. The van der Waals surface area contributed by atoms with Crippen LogP contribution in [0.2, 0.25) is 0 Å². The Bertz CT molecular complexity index is 451. The van der Waals surface area contributed by atoms with Gasteiger partial charge in [0.2, 0.25) is 0 Å². The molecule has 1 aliphatic rings. The summed E-state index contributed by atoms with van der Waals surface area (Å²) < 4.78 is 20.3. The van der Waals surface area contributed by atoms with E-state index >= 15 is 0 Å². The van der Waals surface area contributed by atoms with Crippen molar-refractivity contribution in [2.75, 3.05) is 0 Å². The molecule has 0 N–H and O–H groups in total. The van der Waals surface area contributed by atoms with Crippen molar-refractivity contribution in [3.63, 3.8) is 0 Å². The Labute approximate surface area is 127 Å². The lowest BCUT2D eigenvalue weighted by Gasteiger charge is -2.36. The van der Waals surface area contributed by atoms with E-state index in [4.69, 9.17) is 18.9 Å². The van der Waals surface area contributed by atoms with Crippen molar-refractivity contribution in [1.29, 1.82) is 0 Å². The number of hydrogen-bond donors (Lipinski definition) is 0. The van der Waals surface area contributed by atoms with Crippen LogP contribution in [-0.2, 0) is 38.1 Å². The van der Waals surface area contributed by atoms with E-state index in [0.29, 0.717) is 0 Å². The van der Waals surface area contributed by atoms with Gasteiger partial charge in [0.25, 0.3) is 0 Å². The lowest BCUT2D eigenvalue weighted by Crippen LogP contribution is -2.53. The van der Waals surface area contributed by atoms with Gasteiger partial charge < -0.3 is 18.9 Å². The van der Waals surface area contributed by atoms with Gasteiger partial charge in [0, 0.05) is 27.7 Å². The summed E-state index contributed by atoms with van der Waals surface area (Å²) in [6.07, 6.45) is -1.28. The Hall–Kier alpha value is -2.38. The molecular weight excluding hydrogens is 296 g/mol. The summed E-state index contributed by atoms with van der Waals surface area (Å²) in [5.41, 5.74) is 0. The van der Waals surface area contributed by atoms with Crippen LogP contribution in [0.5, 0.6) is 0 Å². The molecule has 0 aromatic heterocycles. The van der Waals surface area contributed by atoms with Gasteiger partial charge in [-0.25, -0.2) is 0 Å². The summed E-state index contributed by atoms with van der Waals surface area (Å²) in [5, 5.41) is 0. The highest BCUT2D eigenvalue weighted by Gasteiger charge is 2.44. The zero-order valence-corrected chi connectivity index (χ0v) is 12.7. The SMILES string of the molecule is CC(=O)O[C@@H]1[C@@H](OC(C)=O)[C@H](OC(C)=O)C=C[C@@H]1OC(C)=O. The number of carbonyl (C=O) groups is 4. The minimum Gasteiger partial charge on any atom is -0.454 e. The zero-order chi connectivity index (χ0) is 16.9. The minimum atomic E-state index is -1.11. The topological polar surface area (TPSA) is 105 Å². The summed E-state index contributed by atoms with van der Waals surface area (Å²) in [5.74, 6) is -2.51. The third-order valence-corrected chi connectivity index (χ3v) is 2.67. The predicted octanol–water partition coefficient (Wildman–Crippen LogP) is 0.283. The van der Waals surface area contributed by atoms with Crippen LogP contribution >= 0.6 is 0 Å². The third kappa shape index (κ3) is 5.19. The molecule has 0 saturated carbocycles. The van der Waals surface area contributed by atoms with Crippen molar-refractivity contribution in [3.8, 4) is 0 Å². The molecule has 0 fully saturated rings. The molecule has 0 radical (unpaired) electrons. The quantitative estimate of drug-likeness (QED) is 0.414. The van der Waals surface area contributed by atoms with Gasteiger partial charge in [-0.1, -0.05) is 0 Å². The summed E-state index contributed by atoms with van der Waals surface area (Å²) in [4.78, 5) is 44.8. The van der Waals surface area contributed by atoms with Crippen LogP contribution in [0, 0.1) is 0 Å². The molecule has 4 atom stereocenters. The molecule has 122 valence electrons. The maximum absolute atomic E-state index is 11.3. The van der Waals surface area contributed by atoms with Crippen molar-refractivity contribution in [2.45, 2.75) is 52.1 Å². The number of carbonyl (C=O) groups excluding carboxylic acids is 4. The van der Waals surface area contributed by atoms with E-state index in [1.807, 2.05) is 0 Å². The monoisotopic (exact) mass is 314 g/mol. The molecule has 22 heavy (non-hydrogen) atoms. The second kappa shape index (κ2) is 7.58. The maximum Gasteiger partial charge on any atom is 0.303 e. The number of ether oxygens (including phenoxy) is 4. The number of rotatable bonds is 4. The number of hydrogen-bond acceptors (Lipinski definition) is 8. The van der Waals surface area contributed by atoms with Gasteiger partial charge >= 0.3 is 23.9 Å². The first-order valence-electron chi connectivity index (χ1n) is 6.58. The molecule has 0 spiro atoms. The Morgan fingerprint density at radius 1 is 0.591 bits per heavy atom. The second-order valence-corrected chi connectivity index (χ2v) is 4.68. The zero-order valence-electron chi connectivity index (χ0n) is 12.7. The predicted molar refractivity (Wildman–Crippen MR) is 71.4 cm³/mol. The van der Waals surface area contributed by atoms with Gasteiger partial charge in [-0.3, -0.25) is 19.2 Å². The molecule has 0 aliphatic heterocycles. The Morgan fingerprint density at radius 2 is 0.864 bits per heavy atom. The second-order valence-electron chi connectivity index (χ2n) is 4.68. The van der Waals surface area contributed by atoms with Crippen LogP contribution < -0.4 is 0 Å². The van der Waals surface area contributed by atoms with Crippen molar-refractivity contribution in [1.82, 2.24) is 0 Å². The lowest BCUT2D eigenvalue weighted by molar-refractivity contribution is -0.193. The van der Waals surface area contributed by atoms with E-state index in [1.54, 1.807) is 0 Å². The fourth-order valence-corrected chi connectivity index (χ4v) is 2.06. The summed E-state index contributed by atoms with van der Waals surface area (Å²) in [6, 6.07) is 0. The fourth-order valence-electron chi connectivity index (χ4n) is 2.06. The minimum absolute atomic E-state index is 0.598. The van der Waals surface area contributed by atoms with Crippen LogP contribution in [0.1, 0.15) is 27.7 Å². The average molecular weight is 314 g/mol. The molecule has 0 bridgehead atoms. The molecule has 8 heteroatoms. The molecule has 1 rings (SSSR count). The first-order chi connectivity index (χ1) is 10.2. The van der Waals surface area contributed by atoms with Gasteiger partial charge in [0.05, 0.1) is 0 Å². The molecule has 0 aromatic rings. The van der Waals surface area contributed by atoms with Crippen molar-refractivity contribution < 1.29 is 38.1 Å². The number of esters is 4. The van der Waals surface area contributed by atoms with E-state index in [-0.39, 0.29) is 0 Å². The summed E-state index contributed by atoms with van der Waals surface area (Å²) >= 11 is 0. The molecule has 0 unspecified atom stereocenters. The summed E-state index contributed by atoms with van der Waals surface area (Å²) in [7, 11) is 0. The van der Waals surface area contributed by atoms with Gasteiger partial charge in [-0.15, -0.1) is 0 Å². The first-order valence-corrected chi connectivity index (χ1v) is 6.58. The molecule has 0 aromatic carbocycles. The van der Waals surface area contributed by atoms with Gasteiger partial charge in [-0.05, 0) is 12.2 Å². The smallest absolute Gasteiger partial charge is 0.303 e. The highest BCUT2D eigenvalue weighted by atomic mass is 16.6. The van der Waals surface area contributed by atoms with Gasteiger partial charge in [0.1, 0.15) is 0 Å². The van der Waals surface area contributed by atoms with Crippen molar-refractivity contribution >= 4 is 23.9 Å².